The zero-order chi connectivity index (χ0) is 19.7. The summed E-state index contributed by atoms with van der Waals surface area (Å²) in [6, 6.07) is -3.19. The first-order valence-corrected chi connectivity index (χ1v) is 8.85. The van der Waals surface area contributed by atoms with Gasteiger partial charge < -0.3 is 22.3 Å². The van der Waals surface area contributed by atoms with Crippen LogP contribution < -0.4 is 17.2 Å². The summed E-state index contributed by atoms with van der Waals surface area (Å²) >= 11 is 0. The van der Waals surface area contributed by atoms with Crippen molar-refractivity contribution in [1.29, 1.82) is 0 Å². The molecule has 7 N–H and O–H groups in total. The Morgan fingerprint density at radius 3 is 1.96 bits per heavy atom. The first-order valence-electron chi connectivity index (χ1n) is 8.85. The van der Waals surface area contributed by atoms with Crippen LogP contribution in [-0.4, -0.2) is 52.5 Å². The van der Waals surface area contributed by atoms with Crippen molar-refractivity contribution in [1.82, 2.24) is 4.90 Å². The lowest BCUT2D eigenvalue weighted by atomic mass is 9.98. The maximum atomic E-state index is 12.8. The minimum atomic E-state index is -1.28. The van der Waals surface area contributed by atoms with E-state index in [0.717, 1.165) is 4.90 Å². The minimum Gasteiger partial charge on any atom is -0.480 e. The standard InChI is InChI=1S/C17H34N4O4/c1-10(2)9-12(19)15(22)21(16(23)14(20)11(3)4)13(17(24)25)7-5-6-8-18/h10-14H,5-9,18-20H2,1-4H3,(H,24,25). The predicted octanol–water partition coefficient (Wildman–Crippen LogP) is 0.281. The SMILES string of the molecule is CC(C)CC(N)C(=O)N(C(=O)C(N)C(C)C)C(CCCCN)C(=O)O. The number of nitrogens with zero attached hydrogens (tertiary/aromatic N) is 1. The molecule has 0 spiro atoms. The molecule has 25 heavy (non-hydrogen) atoms. The Morgan fingerprint density at radius 2 is 1.56 bits per heavy atom. The highest BCUT2D eigenvalue weighted by Gasteiger charge is 2.39. The zero-order valence-electron chi connectivity index (χ0n) is 15.8. The topological polar surface area (TPSA) is 153 Å². The fourth-order valence-corrected chi connectivity index (χ4v) is 2.49. The Morgan fingerprint density at radius 1 is 1.00 bits per heavy atom. The van der Waals surface area contributed by atoms with Crippen LogP contribution in [0.15, 0.2) is 0 Å². The Kier molecular flexibility index (Phi) is 10.5. The van der Waals surface area contributed by atoms with Crippen molar-refractivity contribution in [3.05, 3.63) is 0 Å². The number of hydrogen-bond donors (Lipinski definition) is 4. The third-order valence-corrected chi connectivity index (χ3v) is 4.05. The second-order valence-corrected chi connectivity index (χ2v) is 7.19. The van der Waals surface area contributed by atoms with E-state index >= 15 is 0 Å². The number of unbranched alkanes of at least 4 members (excludes halogenated alkanes) is 1. The van der Waals surface area contributed by atoms with Crippen LogP contribution in [0.4, 0.5) is 0 Å². The summed E-state index contributed by atoms with van der Waals surface area (Å²) in [5.41, 5.74) is 17.3. The number of carbonyl (C=O) groups is 3. The number of rotatable bonds is 11. The van der Waals surface area contributed by atoms with Gasteiger partial charge in [0.1, 0.15) is 6.04 Å². The van der Waals surface area contributed by atoms with Crippen LogP contribution in [0.25, 0.3) is 0 Å². The van der Waals surface area contributed by atoms with E-state index < -0.39 is 35.9 Å². The third-order valence-electron chi connectivity index (χ3n) is 4.05. The van der Waals surface area contributed by atoms with Crippen molar-refractivity contribution in [3.8, 4) is 0 Å². The van der Waals surface area contributed by atoms with Crippen LogP contribution in [0.2, 0.25) is 0 Å². The molecule has 8 nitrogen and oxygen atoms in total. The van der Waals surface area contributed by atoms with Crippen molar-refractivity contribution in [2.45, 2.75) is 71.5 Å². The number of carboxylic acid groups (broad SMARTS) is 1. The molecule has 3 atom stereocenters. The molecule has 0 heterocycles. The molecule has 0 saturated heterocycles. The molecule has 3 unspecified atom stereocenters. The first kappa shape index (κ1) is 23.5. The molecule has 0 aliphatic heterocycles. The van der Waals surface area contributed by atoms with Crippen molar-refractivity contribution in [2.24, 2.45) is 29.0 Å². The average Bonchev–Trinajstić information content (AvgIpc) is 2.51. The number of imide groups is 1. The van der Waals surface area contributed by atoms with Gasteiger partial charge in [-0.15, -0.1) is 0 Å². The molecule has 0 rings (SSSR count). The van der Waals surface area contributed by atoms with Gasteiger partial charge in [0.05, 0.1) is 12.1 Å². The number of amides is 2. The van der Waals surface area contributed by atoms with Crippen LogP contribution in [-0.2, 0) is 14.4 Å². The summed E-state index contributed by atoms with van der Waals surface area (Å²) < 4.78 is 0. The van der Waals surface area contributed by atoms with E-state index in [-0.39, 0.29) is 18.3 Å². The van der Waals surface area contributed by atoms with Gasteiger partial charge in [0.25, 0.3) is 0 Å². The number of nitrogens with two attached hydrogens (primary N) is 3. The summed E-state index contributed by atoms with van der Waals surface area (Å²) in [7, 11) is 0. The van der Waals surface area contributed by atoms with Gasteiger partial charge in [-0.3, -0.25) is 14.5 Å². The highest BCUT2D eigenvalue weighted by atomic mass is 16.4. The van der Waals surface area contributed by atoms with E-state index in [4.69, 9.17) is 17.2 Å². The smallest absolute Gasteiger partial charge is 0.326 e. The van der Waals surface area contributed by atoms with Gasteiger partial charge in [-0.1, -0.05) is 27.7 Å². The molecule has 0 aromatic heterocycles. The van der Waals surface area contributed by atoms with Gasteiger partial charge >= 0.3 is 5.97 Å². The molecule has 0 saturated carbocycles. The quantitative estimate of drug-likeness (QED) is 0.387. The maximum Gasteiger partial charge on any atom is 0.326 e. The Labute approximate surface area is 150 Å². The summed E-state index contributed by atoms with van der Waals surface area (Å²) in [6.45, 7) is 7.68. The summed E-state index contributed by atoms with van der Waals surface area (Å²) in [5, 5.41) is 9.57. The second-order valence-electron chi connectivity index (χ2n) is 7.19. The minimum absolute atomic E-state index is 0.128. The van der Waals surface area contributed by atoms with E-state index in [1.54, 1.807) is 13.8 Å². The first-order chi connectivity index (χ1) is 11.5. The lowest BCUT2D eigenvalue weighted by molar-refractivity contribution is -0.160. The molecule has 0 aliphatic carbocycles. The Bertz CT molecular complexity index is 454. The molecular formula is C17H34N4O4. The van der Waals surface area contributed by atoms with Gasteiger partial charge in [-0.2, -0.15) is 0 Å². The monoisotopic (exact) mass is 358 g/mol. The number of carbonyl (C=O) groups excluding carboxylic acids is 2. The van der Waals surface area contributed by atoms with Gasteiger partial charge in [0.15, 0.2) is 0 Å². The summed E-state index contributed by atoms with van der Waals surface area (Å²) in [5.74, 6) is -2.72. The third kappa shape index (κ3) is 7.50. The Hall–Kier alpha value is -1.51. The van der Waals surface area contributed by atoms with Crippen molar-refractivity contribution < 1.29 is 19.5 Å². The maximum absolute atomic E-state index is 12.8. The molecule has 0 fully saturated rings. The van der Waals surface area contributed by atoms with Crippen LogP contribution >= 0.6 is 0 Å². The fourth-order valence-electron chi connectivity index (χ4n) is 2.49. The van der Waals surface area contributed by atoms with Crippen molar-refractivity contribution >= 4 is 17.8 Å². The summed E-state index contributed by atoms with van der Waals surface area (Å²) in [4.78, 5) is 38.0. The van der Waals surface area contributed by atoms with Crippen LogP contribution in [0.3, 0.4) is 0 Å². The molecule has 0 aromatic rings. The average molecular weight is 358 g/mol. The lowest BCUT2D eigenvalue weighted by Gasteiger charge is -2.32. The summed E-state index contributed by atoms with van der Waals surface area (Å²) in [6.07, 6.45) is 1.58. The molecule has 0 radical (unpaired) electrons. The van der Waals surface area contributed by atoms with Gasteiger partial charge in [-0.25, -0.2) is 4.79 Å². The normalized spacial score (nSPS) is 15.1. The zero-order valence-corrected chi connectivity index (χ0v) is 15.8. The number of carboxylic acids is 1. The van der Waals surface area contributed by atoms with E-state index in [9.17, 15) is 19.5 Å². The number of aliphatic carboxylic acids is 1. The molecule has 0 bridgehead atoms. The Balaban J connectivity index is 5.64. The van der Waals surface area contributed by atoms with E-state index in [0.29, 0.717) is 25.8 Å². The van der Waals surface area contributed by atoms with Crippen molar-refractivity contribution in [3.63, 3.8) is 0 Å². The molecule has 146 valence electrons. The fraction of sp³-hybridized carbons (Fsp3) is 0.824. The molecule has 0 aromatic carbocycles. The second kappa shape index (κ2) is 11.2. The highest BCUT2D eigenvalue weighted by Crippen LogP contribution is 2.17. The van der Waals surface area contributed by atoms with E-state index in [1.165, 1.54) is 0 Å². The predicted molar refractivity (Wildman–Crippen MR) is 96.4 cm³/mol. The van der Waals surface area contributed by atoms with E-state index in [1.807, 2.05) is 13.8 Å². The largest absolute Gasteiger partial charge is 0.480 e. The van der Waals surface area contributed by atoms with Crippen LogP contribution in [0, 0.1) is 11.8 Å². The van der Waals surface area contributed by atoms with Crippen LogP contribution in [0.1, 0.15) is 53.4 Å². The van der Waals surface area contributed by atoms with Crippen molar-refractivity contribution in [2.75, 3.05) is 6.54 Å². The molecule has 8 heteroatoms. The lowest BCUT2D eigenvalue weighted by Crippen LogP contribution is -2.59. The van der Waals surface area contributed by atoms with Gasteiger partial charge in [-0.05, 0) is 44.1 Å². The molecule has 2 amide bonds. The number of hydrogen-bond acceptors (Lipinski definition) is 6. The highest BCUT2D eigenvalue weighted by molar-refractivity contribution is 6.03. The van der Waals surface area contributed by atoms with Gasteiger partial charge in [0.2, 0.25) is 11.8 Å². The van der Waals surface area contributed by atoms with E-state index in [2.05, 4.69) is 0 Å². The molecular weight excluding hydrogens is 324 g/mol. The molecule has 0 aliphatic rings. The van der Waals surface area contributed by atoms with Gasteiger partial charge in [0, 0.05) is 0 Å². The van der Waals surface area contributed by atoms with Crippen LogP contribution in [0.5, 0.6) is 0 Å².